The molecule has 0 spiro atoms. The fraction of sp³-hybridized carbons (Fsp3) is 0. The average molecular weight is 335 g/mol. The largest absolute Gasteiger partial charge is 0.453 e. The van der Waals surface area contributed by atoms with Gasteiger partial charge >= 0.3 is 0 Å². The molecule has 6 heteroatoms. The highest BCUT2D eigenvalue weighted by molar-refractivity contribution is 9.10. The highest BCUT2D eigenvalue weighted by Gasteiger charge is 2.13. The van der Waals surface area contributed by atoms with Gasteiger partial charge in [0.05, 0.1) is 16.4 Å². The third kappa shape index (κ3) is 2.30. The van der Waals surface area contributed by atoms with Crippen molar-refractivity contribution in [2.45, 2.75) is 0 Å². The lowest BCUT2D eigenvalue weighted by Crippen LogP contribution is -1.97. The second-order valence-corrected chi connectivity index (χ2v) is 5.00. The van der Waals surface area contributed by atoms with Crippen LogP contribution in [0.2, 0.25) is 0 Å². The van der Waals surface area contributed by atoms with Crippen molar-refractivity contribution in [3.63, 3.8) is 0 Å². The number of furan rings is 1. The molecule has 0 N–H and O–H groups in total. The lowest BCUT2D eigenvalue weighted by atomic mass is 10.1. The van der Waals surface area contributed by atoms with Gasteiger partial charge < -0.3 is 4.42 Å². The Morgan fingerprint density at radius 1 is 1.30 bits per heavy atom. The lowest BCUT2D eigenvalue weighted by molar-refractivity contribution is 0.110. The maximum absolute atomic E-state index is 13.5. The summed E-state index contributed by atoms with van der Waals surface area (Å²) >= 11 is 3.31. The van der Waals surface area contributed by atoms with E-state index in [1.165, 1.54) is 18.2 Å². The van der Waals surface area contributed by atoms with Gasteiger partial charge in [-0.15, -0.1) is 0 Å². The number of nitrogens with zero attached hydrogens (tertiary/aromatic N) is 2. The summed E-state index contributed by atoms with van der Waals surface area (Å²) in [5.74, 6) is 0.212. The molecule has 0 atom stereocenters. The first-order valence-corrected chi connectivity index (χ1v) is 6.52. The Morgan fingerprint density at radius 3 is 2.80 bits per heavy atom. The third-order valence-electron chi connectivity index (χ3n) is 2.76. The maximum atomic E-state index is 13.5. The molecule has 0 aliphatic carbocycles. The predicted molar refractivity (Wildman–Crippen MR) is 74.3 cm³/mol. The first kappa shape index (κ1) is 12.8. The Kier molecular flexibility index (Phi) is 3.23. The molecule has 0 radical (unpaired) electrons. The van der Waals surface area contributed by atoms with Gasteiger partial charge in [0.25, 0.3) is 0 Å². The van der Waals surface area contributed by atoms with E-state index in [0.29, 0.717) is 23.3 Å². The van der Waals surface area contributed by atoms with Crippen molar-refractivity contribution < 1.29 is 13.6 Å². The van der Waals surface area contributed by atoms with Crippen LogP contribution in [0.4, 0.5) is 4.39 Å². The van der Waals surface area contributed by atoms with E-state index >= 15 is 0 Å². The second kappa shape index (κ2) is 5.05. The number of hydrogen-bond acceptors (Lipinski definition) is 3. The number of carbonyl (C=O) groups excluding carboxylic acids is 1. The van der Waals surface area contributed by atoms with Crippen molar-refractivity contribution in [2.24, 2.45) is 0 Å². The molecule has 4 nitrogen and oxygen atoms in total. The van der Waals surface area contributed by atoms with Crippen LogP contribution in [0, 0.1) is 5.82 Å². The van der Waals surface area contributed by atoms with Gasteiger partial charge in [-0.3, -0.25) is 4.79 Å². The fourth-order valence-electron chi connectivity index (χ4n) is 1.90. The molecule has 0 saturated carbocycles. The molecular formula is C14H8BrFN2O2. The van der Waals surface area contributed by atoms with Crippen LogP contribution in [0.1, 0.15) is 10.6 Å². The van der Waals surface area contributed by atoms with Gasteiger partial charge in [-0.05, 0) is 46.3 Å². The van der Waals surface area contributed by atoms with Crippen LogP contribution in [0.5, 0.6) is 0 Å². The number of benzene rings is 1. The maximum Gasteiger partial charge on any atom is 0.185 e. The van der Waals surface area contributed by atoms with E-state index < -0.39 is 0 Å². The number of aldehydes is 1. The van der Waals surface area contributed by atoms with Gasteiger partial charge in [-0.25, -0.2) is 9.07 Å². The molecular weight excluding hydrogens is 327 g/mol. The molecule has 100 valence electrons. The summed E-state index contributed by atoms with van der Waals surface area (Å²) in [6.07, 6.45) is 3.99. The number of rotatable bonds is 3. The van der Waals surface area contributed by atoms with Crippen LogP contribution in [-0.4, -0.2) is 16.1 Å². The fourth-order valence-corrected chi connectivity index (χ4v) is 2.18. The molecule has 20 heavy (non-hydrogen) atoms. The molecule has 0 fully saturated rings. The van der Waals surface area contributed by atoms with Crippen molar-refractivity contribution >= 4 is 22.2 Å². The van der Waals surface area contributed by atoms with Gasteiger partial charge in [0.1, 0.15) is 11.6 Å². The zero-order chi connectivity index (χ0) is 14.1. The Bertz CT molecular complexity index is 779. The minimum atomic E-state index is -0.390. The Morgan fingerprint density at radius 2 is 2.15 bits per heavy atom. The summed E-state index contributed by atoms with van der Waals surface area (Å²) < 4.78 is 21.3. The molecule has 3 rings (SSSR count). The van der Waals surface area contributed by atoms with Crippen LogP contribution < -0.4 is 0 Å². The number of halogens is 2. The monoisotopic (exact) mass is 334 g/mol. The van der Waals surface area contributed by atoms with Crippen LogP contribution in [0.3, 0.4) is 0 Å². The molecule has 2 heterocycles. The van der Waals surface area contributed by atoms with Crippen molar-refractivity contribution in [3.8, 4) is 17.0 Å². The molecule has 0 aliphatic heterocycles. The first-order valence-electron chi connectivity index (χ1n) is 5.73. The van der Waals surface area contributed by atoms with Crippen LogP contribution in [-0.2, 0) is 0 Å². The highest BCUT2D eigenvalue weighted by Crippen LogP contribution is 2.29. The van der Waals surface area contributed by atoms with Gasteiger partial charge in [-0.1, -0.05) is 0 Å². The zero-order valence-electron chi connectivity index (χ0n) is 10.1. The van der Waals surface area contributed by atoms with Gasteiger partial charge in [0.15, 0.2) is 12.0 Å². The summed E-state index contributed by atoms with van der Waals surface area (Å²) in [6, 6.07) is 7.46. The van der Waals surface area contributed by atoms with Gasteiger partial charge in [0, 0.05) is 11.8 Å². The minimum absolute atomic E-state index is 0.192. The zero-order valence-corrected chi connectivity index (χ0v) is 11.7. The molecule has 0 unspecified atom stereocenters. The Labute approximate surface area is 122 Å². The minimum Gasteiger partial charge on any atom is -0.453 e. The van der Waals surface area contributed by atoms with Crippen molar-refractivity contribution in [1.29, 1.82) is 0 Å². The molecule has 3 aromatic rings. The molecule has 0 aliphatic rings. The van der Waals surface area contributed by atoms with Gasteiger partial charge in [-0.2, -0.15) is 5.10 Å². The lowest BCUT2D eigenvalue weighted by Gasteiger charge is -2.07. The third-order valence-corrected chi connectivity index (χ3v) is 3.17. The average Bonchev–Trinajstić information content (AvgIpc) is 3.07. The van der Waals surface area contributed by atoms with E-state index in [9.17, 15) is 9.18 Å². The summed E-state index contributed by atoms with van der Waals surface area (Å²) in [5, 5.41) is 4.16. The van der Waals surface area contributed by atoms with Gasteiger partial charge in [0.2, 0.25) is 0 Å². The Balaban J connectivity index is 2.18. The summed E-state index contributed by atoms with van der Waals surface area (Å²) in [6.45, 7) is 0. The summed E-state index contributed by atoms with van der Waals surface area (Å²) in [5.41, 5.74) is 1.18. The van der Waals surface area contributed by atoms with E-state index in [1.807, 2.05) is 0 Å². The van der Waals surface area contributed by atoms with Crippen molar-refractivity contribution in [3.05, 3.63) is 58.8 Å². The second-order valence-electron chi connectivity index (χ2n) is 4.08. The van der Waals surface area contributed by atoms with Crippen LogP contribution in [0.15, 0.2) is 51.6 Å². The smallest absolute Gasteiger partial charge is 0.185 e. The molecule has 2 aromatic heterocycles. The Hall–Kier alpha value is -2.21. The standard InChI is InChI=1S/C14H8BrFN2O2/c15-9-6-17-18(7-9)13-3-1-10(16)5-12(13)14-4-2-11(8-19)20-14/h1-8H. The SMILES string of the molecule is O=Cc1ccc(-c2cc(F)ccc2-n2cc(Br)cn2)o1. The number of aromatic nitrogens is 2. The predicted octanol–water partition coefficient (Wildman–Crippen LogP) is 3.85. The van der Waals surface area contributed by atoms with E-state index in [1.54, 1.807) is 29.2 Å². The topological polar surface area (TPSA) is 48.0 Å². The normalized spacial score (nSPS) is 10.7. The van der Waals surface area contributed by atoms with Crippen LogP contribution >= 0.6 is 15.9 Å². The highest BCUT2D eigenvalue weighted by atomic mass is 79.9. The molecule has 0 bridgehead atoms. The van der Waals surface area contributed by atoms with E-state index in [-0.39, 0.29) is 11.6 Å². The molecule has 0 amide bonds. The van der Waals surface area contributed by atoms with E-state index in [2.05, 4.69) is 21.0 Å². The van der Waals surface area contributed by atoms with Crippen molar-refractivity contribution in [1.82, 2.24) is 9.78 Å². The van der Waals surface area contributed by atoms with E-state index in [4.69, 9.17) is 4.42 Å². The number of carbonyl (C=O) groups is 1. The summed E-state index contributed by atoms with van der Waals surface area (Å²) in [4.78, 5) is 10.7. The van der Waals surface area contributed by atoms with Crippen molar-refractivity contribution in [2.75, 3.05) is 0 Å². The van der Waals surface area contributed by atoms with Crippen LogP contribution in [0.25, 0.3) is 17.0 Å². The quantitative estimate of drug-likeness (QED) is 0.683. The molecule has 0 saturated heterocycles. The molecule has 1 aromatic carbocycles. The van der Waals surface area contributed by atoms with E-state index in [0.717, 1.165) is 4.47 Å². The summed E-state index contributed by atoms with van der Waals surface area (Å²) in [7, 11) is 0. The number of hydrogen-bond donors (Lipinski definition) is 0. The first-order chi connectivity index (χ1) is 9.67.